The maximum absolute atomic E-state index is 12.2. The summed E-state index contributed by atoms with van der Waals surface area (Å²) in [6.07, 6.45) is 1.83. The number of aromatic amines is 1. The third kappa shape index (κ3) is 4.64. The number of sulfonamides is 1. The Bertz CT molecular complexity index is 594. The van der Waals surface area contributed by atoms with Gasteiger partial charge in [-0.15, -0.1) is 0 Å². The van der Waals surface area contributed by atoms with Gasteiger partial charge in [-0.05, 0) is 31.7 Å². The molecule has 1 heterocycles. The highest BCUT2D eigenvalue weighted by molar-refractivity contribution is 7.89. The molecule has 0 aliphatic heterocycles. The minimum absolute atomic E-state index is 0.0314. The van der Waals surface area contributed by atoms with Gasteiger partial charge in [-0.25, -0.2) is 17.9 Å². The van der Waals surface area contributed by atoms with E-state index in [-0.39, 0.29) is 16.0 Å². The third-order valence-electron chi connectivity index (χ3n) is 2.58. The maximum atomic E-state index is 12.2. The van der Waals surface area contributed by atoms with E-state index in [2.05, 4.69) is 9.71 Å². The zero-order chi connectivity index (χ0) is 15.8. The van der Waals surface area contributed by atoms with Gasteiger partial charge in [0.1, 0.15) is 10.6 Å². The Kier molecular flexibility index (Phi) is 4.36. The maximum Gasteiger partial charge on any atom is 0.352 e. The molecule has 0 aliphatic rings. The topological polar surface area (TPSA) is 99.3 Å². The molecule has 0 aromatic carbocycles. The van der Waals surface area contributed by atoms with Crippen molar-refractivity contribution >= 4 is 16.0 Å². The first-order valence-corrected chi connectivity index (χ1v) is 7.76. The van der Waals surface area contributed by atoms with E-state index in [4.69, 9.17) is 5.11 Å². The highest BCUT2D eigenvalue weighted by Crippen LogP contribution is 2.28. The average molecular weight is 302 g/mol. The molecule has 1 aromatic rings. The van der Waals surface area contributed by atoms with E-state index >= 15 is 0 Å². The van der Waals surface area contributed by atoms with Crippen LogP contribution in [0.5, 0.6) is 0 Å². The van der Waals surface area contributed by atoms with Crippen LogP contribution in [0.15, 0.2) is 17.2 Å². The summed E-state index contributed by atoms with van der Waals surface area (Å²) >= 11 is 0. The van der Waals surface area contributed by atoms with Gasteiger partial charge in [0.25, 0.3) is 0 Å². The van der Waals surface area contributed by atoms with Crippen molar-refractivity contribution in [2.45, 2.75) is 51.5 Å². The molecule has 0 saturated carbocycles. The average Bonchev–Trinajstić information content (AvgIpc) is 2.59. The monoisotopic (exact) mass is 302 g/mol. The van der Waals surface area contributed by atoms with Gasteiger partial charge in [-0.1, -0.05) is 20.8 Å². The molecule has 0 unspecified atom stereocenters. The molecule has 20 heavy (non-hydrogen) atoms. The summed E-state index contributed by atoms with van der Waals surface area (Å²) in [7, 11) is -3.75. The van der Waals surface area contributed by atoms with Crippen molar-refractivity contribution in [2.75, 3.05) is 0 Å². The molecule has 114 valence electrons. The lowest BCUT2D eigenvalue weighted by atomic mass is 9.82. The van der Waals surface area contributed by atoms with E-state index in [1.165, 1.54) is 6.20 Å². The lowest BCUT2D eigenvalue weighted by Gasteiger charge is -2.32. The Morgan fingerprint density at radius 2 is 1.85 bits per heavy atom. The molecule has 0 radical (unpaired) electrons. The van der Waals surface area contributed by atoms with Gasteiger partial charge in [0.15, 0.2) is 0 Å². The quantitative estimate of drug-likeness (QED) is 0.776. The minimum atomic E-state index is -3.75. The van der Waals surface area contributed by atoms with Crippen molar-refractivity contribution in [3.8, 4) is 0 Å². The van der Waals surface area contributed by atoms with E-state index in [0.717, 1.165) is 6.07 Å². The zero-order valence-electron chi connectivity index (χ0n) is 12.4. The minimum Gasteiger partial charge on any atom is -0.477 e. The van der Waals surface area contributed by atoms with Crippen LogP contribution in [0.4, 0.5) is 0 Å². The molecule has 1 rings (SSSR count). The molecule has 0 bridgehead atoms. The smallest absolute Gasteiger partial charge is 0.352 e. The molecule has 0 spiro atoms. The molecule has 3 N–H and O–H groups in total. The van der Waals surface area contributed by atoms with Crippen molar-refractivity contribution in [1.29, 1.82) is 0 Å². The van der Waals surface area contributed by atoms with E-state index in [1.807, 2.05) is 20.8 Å². The molecule has 0 fully saturated rings. The van der Waals surface area contributed by atoms with Crippen LogP contribution >= 0.6 is 0 Å². The number of nitrogens with one attached hydrogen (secondary N) is 2. The van der Waals surface area contributed by atoms with Crippen molar-refractivity contribution in [3.63, 3.8) is 0 Å². The molecule has 1 aromatic heterocycles. The molecule has 0 aliphatic carbocycles. The molecular weight excluding hydrogens is 280 g/mol. The van der Waals surface area contributed by atoms with Crippen LogP contribution < -0.4 is 4.72 Å². The van der Waals surface area contributed by atoms with Crippen LogP contribution in [-0.4, -0.2) is 30.0 Å². The number of hydrogen-bond acceptors (Lipinski definition) is 3. The molecule has 0 amide bonds. The number of rotatable bonds is 5. The second-order valence-corrected chi connectivity index (χ2v) is 8.46. The summed E-state index contributed by atoms with van der Waals surface area (Å²) in [6, 6.07) is 1.11. The fourth-order valence-electron chi connectivity index (χ4n) is 2.44. The van der Waals surface area contributed by atoms with Gasteiger partial charge in [0, 0.05) is 11.7 Å². The van der Waals surface area contributed by atoms with Gasteiger partial charge in [-0.2, -0.15) is 0 Å². The SMILES string of the molecule is CC(C)(C)CC(C)(C)NS(=O)(=O)c1c[nH]c(C(=O)O)c1. The van der Waals surface area contributed by atoms with Gasteiger partial charge < -0.3 is 10.1 Å². The summed E-state index contributed by atoms with van der Waals surface area (Å²) in [6.45, 7) is 9.70. The predicted octanol–water partition coefficient (Wildman–Crippen LogP) is 2.21. The standard InChI is InChI=1S/C13H22N2O4S/c1-12(2,3)8-13(4,5)15-20(18,19)9-6-10(11(16)17)14-7-9/h6-7,14-15H,8H2,1-5H3,(H,16,17). The Morgan fingerprint density at radius 3 is 2.25 bits per heavy atom. The summed E-state index contributed by atoms with van der Waals surface area (Å²) in [5, 5.41) is 8.80. The number of aromatic nitrogens is 1. The summed E-state index contributed by atoms with van der Waals surface area (Å²) in [5.41, 5.74) is -0.812. The van der Waals surface area contributed by atoms with E-state index in [9.17, 15) is 13.2 Å². The number of hydrogen-bond donors (Lipinski definition) is 3. The number of carboxylic acids is 1. The molecule has 6 nitrogen and oxygen atoms in total. The first kappa shape index (κ1) is 16.7. The first-order chi connectivity index (χ1) is 8.82. The lowest BCUT2D eigenvalue weighted by Crippen LogP contribution is -2.45. The number of carbonyl (C=O) groups is 1. The van der Waals surface area contributed by atoms with Gasteiger partial charge in [0.2, 0.25) is 10.0 Å². The van der Waals surface area contributed by atoms with Crippen LogP contribution in [0.25, 0.3) is 0 Å². The molecule has 0 atom stereocenters. The summed E-state index contributed by atoms with van der Waals surface area (Å²) in [5.74, 6) is -1.19. The van der Waals surface area contributed by atoms with Gasteiger partial charge in [-0.3, -0.25) is 0 Å². The lowest BCUT2D eigenvalue weighted by molar-refractivity contribution is 0.0691. The van der Waals surface area contributed by atoms with Crippen molar-refractivity contribution in [2.24, 2.45) is 5.41 Å². The van der Waals surface area contributed by atoms with Crippen molar-refractivity contribution in [1.82, 2.24) is 9.71 Å². The van der Waals surface area contributed by atoms with E-state index in [1.54, 1.807) is 13.8 Å². The van der Waals surface area contributed by atoms with E-state index in [0.29, 0.717) is 6.42 Å². The Labute approximate surface area is 119 Å². The third-order valence-corrected chi connectivity index (χ3v) is 4.26. The van der Waals surface area contributed by atoms with Crippen LogP contribution in [0, 0.1) is 5.41 Å². The number of carboxylic acid groups (broad SMARTS) is 1. The second-order valence-electron chi connectivity index (χ2n) is 6.78. The first-order valence-electron chi connectivity index (χ1n) is 6.28. The normalized spacial score (nSPS) is 13.4. The van der Waals surface area contributed by atoms with Gasteiger partial charge >= 0.3 is 5.97 Å². The largest absolute Gasteiger partial charge is 0.477 e. The molecule has 0 saturated heterocycles. The highest BCUT2D eigenvalue weighted by Gasteiger charge is 2.31. The van der Waals surface area contributed by atoms with Crippen LogP contribution in [0.3, 0.4) is 0 Å². The van der Waals surface area contributed by atoms with Crippen LogP contribution in [0.2, 0.25) is 0 Å². The van der Waals surface area contributed by atoms with Crippen molar-refractivity contribution in [3.05, 3.63) is 18.0 Å². The summed E-state index contributed by atoms with van der Waals surface area (Å²) < 4.78 is 27.1. The summed E-state index contributed by atoms with van der Waals surface area (Å²) in [4.78, 5) is 13.1. The van der Waals surface area contributed by atoms with Crippen molar-refractivity contribution < 1.29 is 18.3 Å². The van der Waals surface area contributed by atoms with Crippen LogP contribution in [-0.2, 0) is 10.0 Å². The Hall–Kier alpha value is -1.34. The Morgan fingerprint density at radius 1 is 1.30 bits per heavy atom. The number of H-pyrrole nitrogens is 1. The molecule has 7 heteroatoms. The fourth-order valence-corrected chi connectivity index (χ4v) is 3.84. The van der Waals surface area contributed by atoms with Gasteiger partial charge in [0.05, 0.1) is 0 Å². The molecular formula is C13H22N2O4S. The van der Waals surface area contributed by atoms with Crippen LogP contribution in [0.1, 0.15) is 51.5 Å². The van der Waals surface area contributed by atoms with E-state index < -0.39 is 21.5 Å². The number of aromatic carboxylic acids is 1. The highest BCUT2D eigenvalue weighted by atomic mass is 32.2. The predicted molar refractivity (Wildman–Crippen MR) is 76.2 cm³/mol. The second kappa shape index (κ2) is 5.21. The zero-order valence-corrected chi connectivity index (χ0v) is 13.3. The fraction of sp³-hybridized carbons (Fsp3) is 0.615. The Balaban J connectivity index is 2.97.